The van der Waals surface area contributed by atoms with Gasteiger partial charge in [-0.25, -0.2) is 8.42 Å². The molecule has 0 spiro atoms. The van der Waals surface area contributed by atoms with Crippen molar-refractivity contribution >= 4 is 38.9 Å². The van der Waals surface area contributed by atoms with E-state index in [1.54, 1.807) is 23.1 Å². The number of amides is 1. The van der Waals surface area contributed by atoms with Crippen molar-refractivity contribution in [3.8, 4) is 5.75 Å². The molecular weight excluding hydrogens is 392 g/mol. The van der Waals surface area contributed by atoms with Crippen LogP contribution in [0.25, 0.3) is 0 Å². The lowest BCUT2D eigenvalue weighted by molar-refractivity contribution is -0.122. The van der Waals surface area contributed by atoms with E-state index >= 15 is 0 Å². The molecule has 1 amide bonds. The average molecular weight is 411 g/mol. The second-order valence-electron chi connectivity index (χ2n) is 5.97. The van der Waals surface area contributed by atoms with Crippen molar-refractivity contribution in [1.29, 1.82) is 0 Å². The normalized spacial score (nSPS) is 13.4. The van der Waals surface area contributed by atoms with Gasteiger partial charge >= 0.3 is 0 Å². The van der Waals surface area contributed by atoms with E-state index in [1.165, 1.54) is 26.4 Å². The van der Waals surface area contributed by atoms with Gasteiger partial charge in [-0.1, -0.05) is 17.7 Å². The first-order valence-electron chi connectivity index (χ1n) is 8.14. The van der Waals surface area contributed by atoms with Crippen LogP contribution >= 0.6 is 11.6 Å². The molecule has 0 aromatic heterocycles. The number of hydrogen-bond donors (Lipinski definition) is 1. The van der Waals surface area contributed by atoms with Crippen LogP contribution in [0.15, 0.2) is 41.3 Å². The summed E-state index contributed by atoms with van der Waals surface area (Å²) in [4.78, 5) is 13.7. The Labute approximate surface area is 162 Å². The van der Waals surface area contributed by atoms with Crippen LogP contribution in [0.4, 0.5) is 11.4 Å². The zero-order valence-electron chi connectivity index (χ0n) is 14.9. The van der Waals surface area contributed by atoms with Crippen molar-refractivity contribution in [2.75, 3.05) is 37.0 Å². The summed E-state index contributed by atoms with van der Waals surface area (Å²) in [5, 5.41) is 0.279. The van der Waals surface area contributed by atoms with Gasteiger partial charge in [0.25, 0.3) is 15.9 Å². The molecule has 0 atom stereocenters. The molecule has 9 heteroatoms. The maximum absolute atomic E-state index is 12.8. The zero-order valence-corrected chi connectivity index (χ0v) is 16.4. The lowest BCUT2D eigenvalue weighted by Gasteiger charge is -2.18. The van der Waals surface area contributed by atoms with E-state index in [1.807, 2.05) is 6.07 Å². The van der Waals surface area contributed by atoms with Crippen LogP contribution in [0.3, 0.4) is 0 Å². The Hall–Kier alpha value is -2.29. The molecule has 2 aromatic rings. The molecule has 3 rings (SSSR count). The van der Waals surface area contributed by atoms with Crippen molar-refractivity contribution in [1.82, 2.24) is 0 Å². The van der Waals surface area contributed by atoms with Gasteiger partial charge in [0.2, 0.25) is 0 Å². The number of carbonyl (C=O) groups is 1. The number of hydrogen-bond acceptors (Lipinski definition) is 5. The van der Waals surface area contributed by atoms with E-state index in [2.05, 4.69) is 4.72 Å². The molecular formula is C18H19ClN2O5S. The smallest absolute Gasteiger partial charge is 0.265 e. The third-order valence-electron chi connectivity index (χ3n) is 4.22. The van der Waals surface area contributed by atoms with Gasteiger partial charge in [0.15, 0.2) is 0 Å². The van der Waals surface area contributed by atoms with Crippen LogP contribution in [-0.2, 0) is 26.0 Å². The summed E-state index contributed by atoms with van der Waals surface area (Å²) in [5.41, 5.74) is 1.99. The number of methoxy groups -OCH3 is 2. The second-order valence-corrected chi connectivity index (χ2v) is 8.06. The molecule has 144 valence electrons. The lowest BCUT2D eigenvalue weighted by Crippen LogP contribution is -2.32. The first-order valence-corrected chi connectivity index (χ1v) is 10.0. The Bertz CT molecular complexity index is 978. The molecule has 0 unspecified atom stereocenters. The fourth-order valence-corrected chi connectivity index (χ4v) is 4.46. The highest BCUT2D eigenvalue weighted by Gasteiger charge is 2.26. The number of rotatable bonds is 6. The summed E-state index contributed by atoms with van der Waals surface area (Å²) in [5.74, 6) is 0.0118. The van der Waals surface area contributed by atoms with Crippen LogP contribution in [-0.4, -0.2) is 41.7 Å². The summed E-state index contributed by atoms with van der Waals surface area (Å²) in [6, 6.07) is 9.48. The number of fused-ring (bicyclic) bond motifs is 1. The Kier molecular flexibility index (Phi) is 5.59. The third kappa shape index (κ3) is 4.02. The van der Waals surface area contributed by atoms with Gasteiger partial charge in [0.05, 0.1) is 12.8 Å². The molecule has 1 N–H and O–H groups in total. The number of anilines is 2. The largest absolute Gasteiger partial charge is 0.495 e. The van der Waals surface area contributed by atoms with E-state index < -0.39 is 10.0 Å². The zero-order chi connectivity index (χ0) is 19.6. The average Bonchev–Trinajstić information content (AvgIpc) is 3.05. The number of nitrogens with one attached hydrogen (secondary N) is 1. The van der Waals surface area contributed by atoms with Crippen LogP contribution in [0, 0.1) is 0 Å². The SMILES string of the molecule is COCC(=O)N1CCc2ccc(NS(=O)(=O)c3cc(Cl)ccc3OC)cc21. The number of nitrogens with zero attached hydrogens (tertiary/aromatic N) is 1. The minimum atomic E-state index is -3.93. The summed E-state index contributed by atoms with van der Waals surface area (Å²) >= 11 is 5.94. The summed E-state index contributed by atoms with van der Waals surface area (Å²) in [6.07, 6.45) is 0.708. The minimum Gasteiger partial charge on any atom is -0.495 e. The van der Waals surface area contributed by atoms with Gasteiger partial charge in [0, 0.05) is 24.4 Å². The van der Waals surface area contributed by atoms with Crippen molar-refractivity contribution < 1.29 is 22.7 Å². The topological polar surface area (TPSA) is 84.9 Å². The van der Waals surface area contributed by atoms with E-state index in [0.717, 1.165) is 5.56 Å². The second kappa shape index (κ2) is 7.75. The van der Waals surface area contributed by atoms with Crippen LogP contribution in [0.2, 0.25) is 5.02 Å². The molecule has 0 saturated heterocycles. The lowest BCUT2D eigenvalue weighted by atomic mass is 10.1. The predicted octanol–water partition coefficient (Wildman–Crippen LogP) is 2.68. The van der Waals surface area contributed by atoms with E-state index in [4.69, 9.17) is 21.1 Å². The van der Waals surface area contributed by atoms with Crippen molar-refractivity contribution in [2.24, 2.45) is 0 Å². The van der Waals surface area contributed by atoms with Gasteiger partial charge in [0.1, 0.15) is 17.3 Å². The molecule has 0 saturated carbocycles. The highest BCUT2D eigenvalue weighted by Crippen LogP contribution is 2.33. The quantitative estimate of drug-likeness (QED) is 0.791. The van der Waals surface area contributed by atoms with E-state index in [0.29, 0.717) is 24.3 Å². The highest BCUT2D eigenvalue weighted by atomic mass is 35.5. The Morgan fingerprint density at radius 1 is 1.22 bits per heavy atom. The van der Waals surface area contributed by atoms with Crippen LogP contribution < -0.4 is 14.4 Å². The predicted molar refractivity (Wildman–Crippen MR) is 103 cm³/mol. The number of halogens is 1. The van der Waals surface area contributed by atoms with Crippen LogP contribution in [0.5, 0.6) is 5.75 Å². The van der Waals surface area contributed by atoms with Gasteiger partial charge in [-0.3, -0.25) is 9.52 Å². The molecule has 0 radical (unpaired) electrons. The monoisotopic (exact) mass is 410 g/mol. The van der Waals surface area contributed by atoms with Gasteiger partial charge in [-0.15, -0.1) is 0 Å². The van der Waals surface area contributed by atoms with Gasteiger partial charge < -0.3 is 14.4 Å². The molecule has 0 fully saturated rings. The van der Waals surface area contributed by atoms with E-state index in [-0.39, 0.29) is 28.2 Å². The first-order chi connectivity index (χ1) is 12.9. The third-order valence-corrected chi connectivity index (χ3v) is 5.85. The molecule has 0 bridgehead atoms. The molecule has 1 aliphatic rings. The number of carbonyl (C=O) groups excluding carboxylic acids is 1. The Morgan fingerprint density at radius 2 is 2.00 bits per heavy atom. The maximum Gasteiger partial charge on any atom is 0.265 e. The molecule has 27 heavy (non-hydrogen) atoms. The standard InChI is InChI=1S/C18H19ClN2O5S/c1-25-11-18(22)21-8-7-12-3-5-14(10-15(12)21)20-27(23,24)17-9-13(19)4-6-16(17)26-2/h3-6,9-10,20H,7-8,11H2,1-2H3. The number of ether oxygens (including phenoxy) is 2. The summed E-state index contributed by atoms with van der Waals surface area (Å²) in [6.45, 7) is 0.505. The molecule has 1 aliphatic heterocycles. The van der Waals surface area contributed by atoms with Crippen LogP contribution in [0.1, 0.15) is 5.56 Å². The molecule has 7 nitrogen and oxygen atoms in total. The molecule has 1 heterocycles. The van der Waals surface area contributed by atoms with Gasteiger partial charge in [-0.2, -0.15) is 0 Å². The maximum atomic E-state index is 12.8. The summed E-state index contributed by atoms with van der Waals surface area (Å²) < 4.78 is 38.2. The van der Waals surface area contributed by atoms with Crippen molar-refractivity contribution in [2.45, 2.75) is 11.3 Å². The summed E-state index contributed by atoms with van der Waals surface area (Å²) in [7, 11) is -1.09. The van der Waals surface area contributed by atoms with E-state index in [9.17, 15) is 13.2 Å². The Balaban J connectivity index is 1.92. The molecule has 0 aliphatic carbocycles. The van der Waals surface area contributed by atoms with Crippen molar-refractivity contribution in [3.05, 3.63) is 47.0 Å². The fraction of sp³-hybridized carbons (Fsp3) is 0.278. The minimum absolute atomic E-state index is 0.0326. The molecule has 2 aromatic carbocycles. The number of sulfonamides is 1. The fourth-order valence-electron chi connectivity index (χ4n) is 2.97. The number of benzene rings is 2. The van der Waals surface area contributed by atoms with Crippen molar-refractivity contribution in [3.63, 3.8) is 0 Å². The van der Waals surface area contributed by atoms with Gasteiger partial charge in [-0.05, 0) is 42.3 Å². The highest BCUT2D eigenvalue weighted by molar-refractivity contribution is 7.92. The first kappa shape index (κ1) is 19.5. The Morgan fingerprint density at radius 3 is 2.70 bits per heavy atom.